The standard InChI is InChI=1S/C82H160O17P2/c1-6-10-13-16-18-20-22-24-26-28-29-30-31-32-33-35-41-45-49-53-58-63-68-82(87)99-78(72-93-80(85)66-61-56-51-47-43-39-37-36-38-42-46-50-55-59-64-75(5)9-4)74-97-101(90,91)95-70-76(83)69-94-100(88,89)96-73-77(71-92-79(84)65-60-54-15-12-8-3)98-81(86)67-62-57-52-48-44-40-34-27-25-23-21-19-17-14-11-7-2/h75-78,83H,6-74H2,1-5H3,(H,88,89)(H,90,91)/t75?,76-,77+,78+/m0/s1. The number of aliphatic hydroxyl groups is 1. The van der Waals surface area contributed by atoms with E-state index in [1.54, 1.807) is 0 Å². The van der Waals surface area contributed by atoms with Crippen LogP contribution < -0.4 is 0 Å². The second-order valence-corrected chi connectivity index (χ2v) is 32.7. The van der Waals surface area contributed by atoms with Crippen molar-refractivity contribution < 1.29 is 80.2 Å². The molecule has 6 atom stereocenters. The molecule has 3 unspecified atom stereocenters. The lowest BCUT2D eigenvalue weighted by atomic mass is 9.99. The number of unbranched alkanes of at least 4 members (excludes halogenated alkanes) is 53. The highest BCUT2D eigenvalue weighted by Crippen LogP contribution is 2.45. The molecule has 19 heteroatoms. The van der Waals surface area contributed by atoms with Crippen molar-refractivity contribution in [2.45, 2.75) is 457 Å². The highest BCUT2D eigenvalue weighted by atomic mass is 31.2. The summed E-state index contributed by atoms with van der Waals surface area (Å²) in [5.41, 5.74) is 0. The molecule has 0 spiro atoms. The Balaban J connectivity index is 5.11. The minimum atomic E-state index is -4.96. The summed E-state index contributed by atoms with van der Waals surface area (Å²) in [7, 11) is -9.91. The molecule has 0 saturated carbocycles. The molecule has 0 aromatic heterocycles. The van der Waals surface area contributed by atoms with Gasteiger partial charge in [0.25, 0.3) is 0 Å². The van der Waals surface area contributed by atoms with E-state index in [0.29, 0.717) is 25.7 Å². The number of carbonyl (C=O) groups is 4. The molecular formula is C82H160O17P2. The number of hydrogen-bond acceptors (Lipinski definition) is 15. The van der Waals surface area contributed by atoms with Gasteiger partial charge in [0.15, 0.2) is 12.2 Å². The van der Waals surface area contributed by atoms with Gasteiger partial charge >= 0.3 is 39.5 Å². The summed E-state index contributed by atoms with van der Waals surface area (Å²) >= 11 is 0. The van der Waals surface area contributed by atoms with Crippen LogP contribution in [-0.2, 0) is 65.4 Å². The van der Waals surface area contributed by atoms with E-state index in [1.165, 1.54) is 257 Å². The van der Waals surface area contributed by atoms with E-state index in [0.717, 1.165) is 102 Å². The number of phosphoric ester groups is 2. The number of carbonyl (C=O) groups excluding carboxylic acids is 4. The molecule has 0 fully saturated rings. The van der Waals surface area contributed by atoms with E-state index in [9.17, 15) is 43.2 Å². The summed E-state index contributed by atoms with van der Waals surface area (Å²) in [6, 6.07) is 0. The average molecular weight is 1480 g/mol. The Morgan fingerprint density at radius 2 is 0.475 bits per heavy atom. The van der Waals surface area contributed by atoms with Crippen molar-refractivity contribution in [3.8, 4) is 0 Å². The van der Waals surface area contributed by atoms with Crippen LogP contribution in [0.2, 0.25) is 0 Å². The van der Waals surface area contributed by atoms with Crippen molar-refractivity contribution in [1.29, 1.82) is 0 Å². The van der Waals surface area contributed by atoms with Gasteiger partial charge in [-0.15, -0.1) is 0 Å². The molecular weight excluding hydrogens is 1320 g/mol. The van der Waals surface area contributed by atoms with Crippen LogP contribution >= 0.6 is 15.6 Å². The second-order valence-electron chi connectivity index (χ2n) is 29.8. The second kappa shape index (κ2) is 74.9. The molecule has 0 aromatic rings. The molecule has 600 valence electrons. The van der Waals surface area contributed by atoms with Crippen LogP contribution in [0.5, 0.6) is 0 Å². The van der Waals surface area contributed by atoms with E-state index >= 15 is 0 Å². The van der Waals surface area contributed by atoms with E-state index in [2.05, 4.69) is 34.6 Å². The molecule has 17 nitrogen and oxygen atoms in total. The van der Waals surface area contributed by atoms with Crippen LogP contribution in [0.25, 0.3) is 0 Å². The normalized spacial score (nSPS) is 14.1. The topological polar surface area (TPSA) is 237 Å². The third kappa shape index (κ3) is 74.7. The predicted octanol–water partition coefficient (Wildman–Crippen LogP) is 24.8. The minimum Gasteiger partial charge on any atom is -0.462 e. The van der Waals surface area contributed by atoms with Crippen LogP contribution in [-0.4, -0.2) is 96.7 Å². The van der Waals surface area contributed by atoms with Crippen molar-refractivity contribution >= 4 is 39.5 Å². The van der Waals surface area contributed by atoms with Crippen molar-refractivity contribution in [2.75, 3.05) is 39.6 Å². The zero-order valence-electron chi connectivity index (χ0n) is 66.1. The first kappa shape index (κ1) is 99.1. The van der Waals surface area contributed by atoms with Crippen LogP contribution in [0.3, 0.4) is 0 Å². The van der Waals surface area contributed by atoms with E-state index in [-0.39, 0.29) is 25.7 Å². The SMILES string of the molecule is CCCCCCCCCCCCCCCCCCCCCCCCC(=O)O[C@H](COC(=O)CCCCCCCCCCCCCCCCC(C)CC)COP(=O)(O)OC[C@@H](O)COP(=O)(O)OC[C@@H](COC(=O)CCCCCCC)OC(=O)CCCCCCCCCCCCCCCCCC. The van der Waals surface area contributed by atoms with Crippen LogP contribution in [0.4, 0.5) is 0 Å². The number of ether oxygens (including phenoxy) is 4. The fraction of sp³-hybridized carbons (Fsp3) is 0.951. The molecule has 3 N–H and O–H groups in total. The third-order valence-electron chi connectivity index (χ3n) is 19.6. The number of hydrogen-bond donors (Lipinski definition) is 3. The molecule has 0 aliphatic heterocycles. The summed E-state index contributed by atoms with van der Waals surface area (Å²) in [5, 5.41) is 10.6. The Morgan fingerprint density at radius 3 is 0.703 bits per heavy atom. The Morgan fingerprint density at radius 1 is 0.277 bits per heavy atom. The predicted molar refractivity (Wildman–Crippen MR) is 414 cm³/mol. The van der Waals surface area contributed by atoms with Gasteiger partial charge in [0.1, 0.15) is 19.3 Å². The summed E-state index contributed by atoms with van der Waals surface area (Å²) < 4.78 is 68.5. The average Bonchev–Trinajstić information content (AvgIpc) is 1.05. The lowest BCUT2D eigenvalue weighted by molar-refractivity contribution is -0.161. The first-order valence-electron chi connectivity index (χ1n) is 42.7. The fourth-order valence-corrected chi connectivity index (χ4v) is 14.3. The highest BCUT2D eigenvalue weighted by molar-refractivity contribution is 7.47. The summed E-state index contributed by atoms with van der Waals surface area (Å²) in [5.74, 6) is -1.27. The highest BCUT2D eigenvalue weighted by Gasteiger charge is 2.30. The van der Waals surface area contributed by atoms with Crippen molar-refractivity contribution in [1.82, 2.24) is 0 Å². The lowest BCUT2D eigenvalue weighted by Gasteiger charge is -2.21. The van der Waals surface area contributed by atoms with Crippen LogP contribution in [0.1, 0.15) is 439 Å². The fourth-order valence-electron chi connectivity index (χ4n) is 12.7. The van der Waals surface area contributed by atoms with E-state index in [4.69, 9.17) is 37.0 Å². The maximum Gasteiger partial charge on any atom is 0.472 e. The lowest BCUT2D eigenvalue weighted by Crippen LogP contribution is -2.30. The van der Waals surface area contributed by atoms with Gasteiger partial charge in [-0.25, -0.2) is 9.13 Å². The monoisotopic (exact) mass is 1480 g/mol. The Kier molecular flexibility index (Phi) is 73.5. The molecule has 0 amide bonds. The van der Waals surface area contributed by atoms with Gasteiger partial charge in [0, 0.05) is 25.7 Å². The Bertz CT molecular complexity index is 1930. The summed E-state index contributed by atoms with van der Waals surface area (Å²) in [6.07, 6.45) is 67.1. The molecule has 0 aliphatic rings. The molecule has 0 saturated heterocycles. The molecule has 101 heavy (non-hydrogen) atoms. The maximum atomic E-state index is 13.1. The molecule has 0 heterocycles. The summed E-state index contributed by atoms with van der Waals surface area (Å²) in [6.45, 7) is 7.30. The first-order chi connectivity index (χ1) is 49.1. The number of aliphatic hydroxyl groups excluding tert-OH is 1. The van der Waals surface area contributed by atoms with Crippen LogP contribution in [0.15, 0.2) is 0 Å². The number of esters is 4. The zero-order chi connectivity index (χ0) is 74.1. The Hall–Kier alpha value is -1.94. The Labute approximate surface area is 619 Å². The molecule has 0 aliphatic carbocycles. The molecule has 0 rings (SSSR count). The van der Waals surface area contributed by atoms with Gasteiger partial charge in [-0.05, 0) is 31.6 Å². The maximum absolute atomic E-state index is 13.1. The van der Waals surface area contributed by atoms with Gasteiger partial charge < -0.3 is 33.8 Å². The molecule has 0 radical (unpaired) electrons. The largest absolute Gasteiger partial charge is 0.472 e. The van der Waals surface area contributed by atoms with Gasteiger partial charge in [-0.1, -0.05) is 388 Å². The van der Waals surface area contributed by atoms with Crippen molar-refractivity contribution in [3.05, 3.63) is 0 Å². The van der Waals surface area contributed by atoms with Gasteiger partial charge in [-0.3, -0.25) is 37.3 Å². The summed E-state index contributed by atoms with van der Waals surface area (Å²) in [4.78, 5) is 72.8. The van der Waals surface area contributed by atoms with Crippen molar-refractivity contribution in [3.63, 3.8) is 0 Å². The minimum absolute atomic E-state index is 0.108. The quantitative estimate of drug-likeness (QED) is 0.0222. The van der Waals surface area contributed by atoms with Crippen LogP contribution in [0, 0.1) is 5.92 Å². The van der Waals surface area contributed by atoms with E-state index in [1.807, 2.05) is 0 Å². The third-order valence-corrected chi connectivity index (χ3v) is 21.5. The van der Waals surface area contributed by atoms with Crippen molar-refractivity contribution in [2.24, 2.45) is 5.92 Å². The number of rotatable bonds is 82. The smallest absolute Gasteiger partial charge is 0.462 e. The van der Waals surface area contributed by atoms with Gasteiger partial charge in [0.05, 0.1) is 26.4 Å². The number of phosphoric acid groups is 2. The molecule has 0 bridgehead atoms. The van der Waals surface area contributed by atoms with Gasteiger partial charge in [-0.2, -0.15) is 0 Å². The van der Waals surface area contributed by atoms with Gasteiger partial charge in [0.2, 0.25) is 0 Å². The zero-order valence-corrected chi connectivity index (χ0v) is 67.8. The van der Waals surface area contributed by atoms with E-state index < -0.39 is 97.5 Å². The molecule has 0 aromatic carbocycles. The first-order valence-corrected chi connectivity index (χ1v) is 45.7.